The first-order valence-electron chi connectivity index (χ1n) is 7.79. The van der Waals surface area contributed by atoms with Crippen LogP contribution in [0.25, 0.3) is 0 Å². The summed E-state index contributed by atoms with van der Waals surface area (Å²) in [6, 6.07) is 14.1. The van der Waals surface area contributed by atoms with Crippen molar-refractivity contribution in [2.24, 2.45) is 4.99 Å². The number of benzene rings is 2. The number of ether oxygens (including phenoxy) is 1. The van der Waals surface area contributed by atoms with Gasteiger partial charge in [0.05, 0.1) is 17.7 Å². The molecule has 0 radical (unpaired) electrons. The van der Waals surface area contributed by atoms with E-state index in [-0.39, 0.29) is 4.90 Å². The molecule has 0 amide bonds. The molecular weight excluding hydrogens is 324 g/mol. The summed E-state index contributed by atoms with van der Waals surface area (Å²) < 4.78 is 31.4. The van der Waals surface area contributed by atoms with Crippen LogP contribution < -0.4 is 4.74 Å². The average Bonchev–Trinajstić information content (AvgIpc) is 2.61. The molecule has 0 unspecified atom stereocenters. The minimum absolute atomic E-state index is 0.287. The third-order valence-electron chi connectivity index (χ3n) is 3.66. The summed E-state index contributed by atoms with van der Waals surface area (Å²) in [5, 5.41) is 0. The smallest absolute Gasteiger partial charge is 0.243 e. The number of hydrogen-bond acceptors (Lipinski definition) is 4. The van der Waals surface area contributed by atoms with Gasteiger partial charge in [-0.05, 0) is 54.1 Å². The van der Waals surface area contributed by atoms with E-state index in [0.29, 0.717) is 18.8 Å². The summed E-state index contributed by atoms with van der Waals surface area (Å²) in [6.45, 7) is 4.57. The van der Waals surface area contributed by atoms with Crippen molar-refractivity contribution >= 4 is 21.9 Å². The molecule has 0 bridgehead atoms. The van der Waals surface area contributed by atoms with Crippen molar-refractivity contribution in [1.29, 1.82) is 0 Å². The van der Waals surface area contributed by atoms with Crippen molar-refractivity contribution < 1.29 is 13.2 Å². The van der Waals surface area contributed by atoms with E-state index in [1.807, 2.05) is 38.1 Å². The predicted octanol–water partition coefficient (Wildman–Crippen LogP) is 3.48. The number of rotatable bonds is 7. The zero-order valence-corrected chi connectivity index (χ0v) is 15.0. The first kappa shape index (κ1) is 18.2. The lowest BCUT2D eigenvalue weighted by atomic mass is 10.2. The number of sulfonamides is 1. The Morgan fingerprint density at radius 3 is 2.08 bits per heavy atom. The topological polar surface area (TPSA) is 59.0 Å². The Morgan fingerprint density at radius 2 is 1.58 bits per heavy atom. The first-order valence-corrected chi connectivity index (χ1v) is 9.23. The van der Waals surface area contributed by atoms with Gasteiger partial charge in [0.15, 0.2) is 0 Å². The van der Waals surface area contributed by atoms with E-state index in [2.05, 4.69) is 4.99 Å². The van der Waals surface area contributed by atoms with Gasteiger partial charge in [-0.3, -0.25) is 4.99 Å². The van der Waals surface area contributed by atoms with Gasteiger partial charge in [0.2, 0.25) is 10.0 Å². The highest BCUT2D eigenvalue weighted by Crippen LogP contribution is 2.20. The summed E-state index contributed by atoms with van der Waals surface area (Å²) in [5.74, 6) is 0.790. The molecule has 0 aromatic heterocycles. The van der Waals surface area contributed by atoms with Crippen molar-refractivity contribution in [2.75, 3.05) is 20.2 Å². The highest BCUT2D eigenvalue weighted by Gasteiger charge is 2.20. The van der Waals surface area contributed by atoms with Crippen LogP contribution in [0.15, 0.2) is 58.4 Å². The maximum atomic E-state index is 12.4. The third kappa shape index (κ3) is 4.21. The molecule has 0 aliphatic rings. The molecule has 6 heteroatoms. The Morgan fingerprint density at radius 1 is 1.00 bits per heavy atom. The van der Waals surface area contributed by atoms with E-state index in [4.69, 9.17) is 4.74 Å². The predicted molar refractivity (Wildman–Crippen MR) is 96.8 cm³/mol. The molecule has 0 aliphatic heterocycles. The Balaban J connectivity index is 2.15. The number of methoxy groups -OCH3 is 1. The van der Waals surface area contributed by atoms with E-state index >= 15 is 0 Å². The molecule has 5 nitrogen and oxygen atoms in total. The van der Waals surface area contributed by atoms with Crippen molar-refractivity contribution in [3.05, 3.63) is 54.1 Å². The normalized spacial score (nSPS) is 12.0. The lowest BCUT2D eigenvalue weighted by Gasteiger charge is -2.18. The van der Waals surface area contributed by atoms with Crippen LogP contribution in [0.3, 0.4) is 0 Å². The van der Waals surface area contributed by atoms with Crippen molar-refractivity contribution in [2.45, 2.75) is 18.7 Å². The molecule has 128 valence electrons. The summed E-state index contributed by atoms with van der Waals surface area (Å²) in [7, 11) is -1.80. The lowest BCUT2D eigenvalue weighted by Crippen LogP contribution is -2.30. The van der Waals surface area contributed by atoms with Crippen molar-refractivity contribution in [1.82, 2.24) is 4.31 Å². The zero-order chi connectivity index (χ0) is 17.6. The standard InChI is InChI=1S/C18H22N2O3S/c1-4-20(5-2)24(21,22)18-12-8-16(9-13-18)19-14-15-6-10-17(23-3)11-7-15/h6-14H,4-5H2,1-3H3. The molecule has 2 rings (SSSR count). The third-order valence-corrected chi connectivity index (χ3v) is 5.72. The lowest BCUT2D eigenvalue weighted by molar-refractivity contribution is 0.415. The fraction of sp³-hybridized carbons (Fsp3) is 0.278. The quantitative estimate of drug-likeness (QED) is 0.721. The molecule has 2 aromatic carbocycles. The maximum Gasteiger partial charge on any atom is 0.243 e. The van der Waals surface area contributed by atoms with Crippen LogP contribution in [0.4, 0.5) is 5.69 Å². The van der Waals surface area contributed by atoms with Crippen LogP contribution >= 0.6 is 0 Å². The fourth-order valence-electron chi connectivity index (χ4n) is 2.26. The Labute approximate surface area is 143 Å². The van der Waals surface area contributed by atoms with Gasteiger partial charge in [-0.15, -0.1) is 0 Å². The number of hydrogen-bond donors (Lipinski definition) is 0. The second-order valence-electron chi connectivity index (χ2n) is 5.11. The van der Waals surface area contributed by atoms with E-state index in [1.54, 1.807) is 37.6 Å². The largest absolute Gasteiger partial charge is 0.497 e. The fourth-order valence-corrected chi connectivity index (χ4v) is 3.71. The second-order valence-corrected chi connectivity index (χ2v) is 7.05. The van der Waals surface area contributed by atoms with E-state index in [9.17, 15) is 8.42 Å². The molecular formula is C18H22N2O3S. The van der Waals surface area contributed by atoms with Gasteiger partial charge in [-0.1, -0.05) is 13.8 Å². The maximum absolute atomic E-state index is 12.4. The van der Waals surface area contributed by atoms with Crippen LogP contribution in [0, 0.1) is 0 Å². The van der Waals surface area contributed by atoms with Gasteiger partial charge < -0.3 is 4.74 Å². The zero-order valence-electron chi connectivity index (χ0n) is 14.1. The molecule has 0 fully saturated rings. The van der Waals surface area contributed by atoms with Gasteiger partial charge in [-0.25, -0.2) is 8.42 Å². The Bertz CT molecular complexity index is 778. The molecule has 0 saturated carbocycles. The summed E-state index contributed by atoms with van der Waals surface area (Å²) in [6.07, 6.45) is 1.73. The molecule has 0 atom stereocenters. The van der Waals surface area contributed by atoms with E-state index in [1.165, 1.54) is 4.31 Å². The van der Waals surface area contributed by atoms with Gasteiger partial charge in [0, 0.05) is 19.3 Å². The average molecular weight is 346 g/mol. The monoisotopic (exact) mass is 346 g/mol. The Kier molecular flexibility index (Phi) is 6.11. The Hall–Kier alpha value is -2.18. The van der Waals surface area contributed by atoms with Gasteiger partial charge >= 0.3 is 0 Å². The van der Waals surface area contributed by atoms with Crippen LogP contribution in [-0.2, 0) is 10.0 Å². The van der Waals surface area contributed by atoms with Crippen LogP contribution in [0.1, 0.15) is 19.4 Å². The first-order chi connectivity index (χ1) is 11.5. The number of nitrogens with zero attached hydrogens (tertiary/aromatic N) is 2. The molecule has 0 heterocycles. The second kappa shape index (κ2) is 8.08. The van der Waals surface area contributed by atoms with Crippen molar-refractivity contribution in [3.8, 4) is 5.75 Å². The van der Waals surface area contributed by atoms with Crippen LogP contribution in [0.2, 0.25) is 0 Å². The number of aliphatic imine (C=N–C) groups is 1. The summed E-state index contributed by atoms with van der Waals surface area (Å²) in [4.78, 5) is 4.65. The molecule has 0 saturated heterocycles. The molecule has 24 heavy (non-hydrogen) atoms. The summed E-state index contributed by atoms with van der Waals surface area (Å²) >= 11 is 0. The highest BCUT2D eigenvalue weighted by molar-refractivity contribution is 7.89. The van der Waals surface area contributed by atoms with Crippen molar-refractivity contribution in [3.63, 3.8) is 0 Å². The summed E-state index contributed by atoms with van der Waals surface area (Å²) in [5.41, 5.74) is 1.64. The molecule has 0 N–H and O–H groups in total. The van der Waals surface area contributed by atoms with E-state index < -0.39 is 10.0 Å². The molecule has 0 aliphatic carbocycles. The van der Waals surface area contributed by atoms with Gasteiger partial charge in [0.25, 0.3) is 0 Å². The van der Waals surface area contributed by atoms with Crippen LogP contribution in [-0.4, -0.2) is 39.1 Å². The minimum atomic E-state index is -3.43. The van der Waals surface area contributed by atoms with Crippen LogP contribution in [0.5, 0.6) is 5.75 Å². The van der Waals surface area contributed by atoms with Gasteiger partial charge in [0.1, 0.15) is 5.75 Å². The minimum Gasteiger partial charge on any atom is -0.497 e. The molecule has 2 aromatic rings. The highest BCUT2D eigenvalue weighted by atomic mass is 32.2. The molecule has 0 spiro atoms. The SMILES string of the molecule is CCN(CC)S(=O)(=O)c1ccc(N=Cc2ccc(OC)cc2)cc1. The van der Waals surface area contributed by atoms with E-state index in [0.717, 1.165) is 11.3 Å². The van der Waals surface area contributed by atoms with Gasteiger partial charge in [-0.2, -0.15) is 4.31 Å².